The summed E-state index contributed by atoms with van der Waals surface area (Å²) in [6.07, 6.45) is 0. The fourth-order valence-electron chi connectivity index (χ4n) is 1.66. The Bertz CT molecular complexity index is 692. The van der Waals surface area contributed by atoms with Gasteiger partial charge in [-0.25, -0.2) is 17.2 Å². The molecule has 1 atom stereocenters. The number of sulfone groups is 1. The molecule has 22 heavy (non-hydrogen) atoms. The summed E-state index contributed by atoms with van der Waals surface area (Å²) in [5.74, 6) is -1.67. The molecule has 0 saturated heterocycles. The first kappa shape index (κ1) is 21.2. The summed E-state index contributed by atoms with van der Waals surface area (Å²) in [6.45, 7) is 1.11. The van der Waals surface area contributed by atoms with Gasteiger partial charge in [0.25, 0.3) is 0 Å². The normalized spacial score (nSPS) is 14.6. The zero-order valence-electron chi connectivity index (χ0n) is 11.9. The highest BCUT2D eigenvalue weighted by atomic mass is 79.9. The molecule has 1 rings (SSSR count). The molecule has 0 radical (unpaired) electrons. The Kier molecular flexibility index (Phi) is 6.97. The Labute approximate surface area is 143 Å². The van der Waals surface area contributed by atoms with Gasteiger partial charge in [0.05, 0.1) is 17.4 Å². The quantitative estimate of drug-likeness (QED) is 0.798. The number of nitrogens with two attached hydrogens (primary N) is 1. The number of alkyl halides is 1. The van der Waals surface area contributed by atoms with Crippen LogP contribution in [0.4, 0.5) is 8.78 Å². The topological polar surface area (TPSA) is 84.0 Å². The number of hydrogen-bond donors (Lipinski definition) is 1. The Morgan fingerprint density at radius 2 is 1.95 bits per heavy atom. The molecule has 0 aliphatic heterocycles. The van der Waals surface area contributed by atoms with Crippen molar-refractivity contribution in [2.24, 2.45) is 5.73 Å². The highest BCUT2D eigenvalue weighted by Crippen LogP contribution is 2.30. The van der Waals surface area contributed by atoms with Gasteiger partial charge in [-0.15, -0.1) is 12.4 Å². The molecule has 0 aliphatic rings. The molecule has 0 spiro atoms. The lowest BCUT2D eigenvalue weighted by molar-refractivity contribution is 0.326. The van der Waals surface area contributed by atoms with E-state index in [9.17, 15) is 17.2 Å². The molecule has 1 aromatic carbocycles. The van der Waals surface area contributed by atoms with Crippen LogP contribution in [0.25, 0.3) is 0 Å². The van der Waals surface area contributed by atoms with E-state index in [4.69, 9.17) is 11.0 Å². The van der Waals surface area contributed by atoms with Crippen molar-refractivity contribution in [3.63, 3.8) is 0 Å². The molecule has 0 aliphatic carbocycles. The maximum absolute atomic E-state index is 13.9. The monoisotopic (exact) mass is 416 g/mol. The second kappa shape index (κ2) is 7.21. The summed E-state index contributed by atoms with van der Waals surface area (Å²) in [5.41, 5.74) is 3.49. The van der Waals surface area contributed by atoms with Crippen LogP contribution in [0.5, 0.6) is 0 Å². The molecule has 2 N–H and O–H groups in total. The first-order chi connectivity index (χ1) is 9.49. The van der Waals surface area contributed by atoms with Gasteiger partial charge in [0.1, 0.15) is 12.5 Å². The van der Waals surface area contributed by atoms with Crippen LogP contribution in [0.3, 0.4) is 0 Å². The van der Waals surface area contributed by atoms with E-state index >= 15 is 0 Å². The van der Waals surface area contributed by atoms with Gasteiger partial charge in [-0.05, 0) is 32.0 Å². The summed E-state index contributed by atoms with van der Waals surface area (Å²) >= 11 is 3.10. The molecular weight excluding hydrogens is 402 g/mol. The summed E-state index contributed by atoms with van der Waals surface area (Å²) in [6, 6.07) is 5.34. The summed E-state index contributed by atoms with van der Waals surface area (Å²) in [7, 11) is -4.07. The highest BCUT2D eigenvalue weighted by molar-refractivity contribution is 9.10. The van der Waals surface area contributed by atoms with E-state index in [0.29, 0.717) is 4.47 Å². The van der Waals surface area contributed by atoms with Crippen molar-refractivity contribution in [3.8, 4) is 6.07 Å². The predicted octanol–water partition coefficient (Wildman–Crippen LogP) is 2.85. The maximum atomic E-state index is 13.9. The Morgan fingerprint density at radius 1 is 1.41 bits per heavy atom. The van der Waals surface area contributed by atoms with Crippen molar-refractivity contribution in [1.82, 2.24) is 0 Å². The van der Waals surface area contributed by atoms with Crippen molar-refractivity contribution >= 4 is 38.2 Å². The number of rotatable bonds is 5. The Hall–Kier alpha value is -0.750. The molecule has 0 amide bonds. The molecule has 1 aromatic rings. The summed E-state index contributed by atoms with van der Waals surface area (Å²) < 4.78 is 50.4. The fraction of sp³-hybridized carbons (Fsp3) is 0.462. The summed E-state index contributed by atoms with van der Waals surface area (Å²) in [5, 5.41) is 8.92. The molecule has 124 valence electrons. The number of halogens is 4. The van der Waals surface area contributed by atoms with Crippen LogP contribution in [-0.4, -0.2) is 25.6 Å². The van der Waals surface area contributed by atoms with Crippen LogP contribution in [0.1, 0.15) is 19.4 Å². The molecule has 0 saturated carbocycles. The molecule has 1 unspecified atom stereocenters. The van der Waals surface area contributed by atoms with Gasteiger partial charge >= 0.3 is 0 Å². The lowest BCUT2D eigenvalue weighted by Crippen LogP contribution is -2.50. The average molecular weight is 418 g/mol. The average Bonchev–Trinajstić information content (AvgIpc) is 2.40. The molecular formula is C13H16BrClF2N2O2S. The first-order valence-electron chi connectivity index (χ1n) is 5.93. The molecule has 0 aromatic heterocycles. The van der Waals surface area contributed by atoms with Gasteiger partial charge in [0, 0.05) is 10.0 Å². The Balaban J connectivity index is 0.00000441. The zero-order chi connectivity index (χ0) is 16.5. The molecule has 0 fully saturated rings. The third kappa shape index (κ3) is 4.16. The fourth-order valence-corrected chi connectivity index (χ4v) is 3.43. The lowest BCUT2D eigenvalue weighted by Gasteiger charge is -2.29. The van der Waals surface area contributed by atoms with Crippen LogP contribution in [-0.2, 0) is 15.4 Å². The van der Waals surface area contributed by atoms with Crippen LogP contribution >= 0.6 is 28.3 Å². The molecule has 0 bridgehead atoms. The minimum absolute atomic E-state index is 0. The van der Waals surface area contributed by atoms with E-state index in [1.165, 1.54) is 26.0 Å². The van der Waals surface area contributed by atoms with Gasteiger partial charge in [-0.1, -0.05) is 15.9 Å². The van der Waals surface area contributed by atoms with Gasteiger partial charge in [-0.3, -0.25) is 0 Å². The van der Waals surface area contributed by atoms with Crippen molar-refractivity contribution in [2.75, 3.05) is 12.4 Å². The van der Waals surface area contributed by atoms with Crippen molar-refractivity contribution in [2.45, 2.75) is 24.1 Å². The number of nitriles is 1. The van der Waals surface area contributed by atoms with Gasteiger partial charge in [0.2, 0.25) is 0 Å². The number of benzene rings is 1. The predicted molar refractivity (Wildman–Crippen MR) is 86.7 cm³/mol. The smallest absolute Gasteiger partial charge is 0.171 e. The second-order valence-electron chi connectivity index (χ2n) is 5.30. The van der Waals surface area contributed by atoms with E-state index in [1.807, 2.05) is 0 Å². The number of nitrogens with zero attached hydrogens (tertiary/aromatic N) is 1. The Morgan fingerprint density at radius 3 is 2.41 bits per heavy atom. The first-order valence-corrected chi connectivity index (χ1v) is 8.37. The standard InChI is InChI=1S/C13H15BrF2N2O2S.ClH/c1-12(2,7-17)21(19,20)8-13(18,6-15)10-5-9(14)3-4-11(10)16;/h3-5H,6,8,18H2,1-2H3;1H. The van der Waals surface area contributed by atoms with Crippen LogP contribution < -0.4 is 5.73 Å². The van der Waals surface area contributed by atoms with Crippen LogP contribution in [0.15, 0.2) is 22.7 Å². The van der Waals surface area contributed by atoms with E-state index < -0.39 is 38.4 Å². The van der Waals surface area contributed by atoms with E-state index in [2.05, 4.69) is 15.9 Å². The van der Waals surface area contributed by atoms with Crippen LogP contribution in [0.2, 0.25) is 0 Å². The van der Waals surface area contributed by atoms with E-state index in [-0.39, 0.29) is 18.0 Å². The SMILES string of the molecule is CC(C)(C#N)S(=O)(=O)CC(N)(CF)c1cc(Br)ccc1F.Cl. The maximum Gasteiger partial charge on any atom is 0.171 e. The van der Waals surface area contributed by atoms with Crippen molar-refractivity contribution in [1.29, 1.82) is 5.26 Å². The lowest BCUT2D eigenvalue weighted by atomic mass is 9.94. The van der Waals surface area contributed by atoms with Gasteiger partial charge in [-0.2, -0.15) is 5.26 Å². The minimum atomic E-state index is -4.07. The summed E-state index contributed by atoms with van der Waals surface area (Å²) in [4.78, 5) is 0. The van der Waals surface area contributed by atoms with Gasteiger partial charge in [0.15, 0.2) is 14.6 Å². The third-order valence-corrected chi connectivity index (χ3v) is 6.23. The zero-order valence-corrected chi connectivity index (χ0v) is 15.2. The number of hydrogen-bond acceptors (Lipinski definition) is 4. The molecule has 0 heterocycles. The van der Waals surface area contributed by atoms with Crippen molar-refractivity contribution in [3.05, 3.63) is 34.1 Å². The van der Waals surface area contributed by atoms with E-state index in [0.717, 1.165) is 6.07 Å². The van der Waals surface area contributed by atoms with E-state index in [1.54, 1.807) is 6.07 Å². The second-order valence-corrected chi connectivity index (χ2v) is 8.75. The highest BCUT2D eigenvalue weighted by Gasteiger charge is 2.43. The minimum Gasteiger partial charge on any atom is -0.318 e. The molecule has 4 nitrogen and oxygen atoms in total. The third-order valence-electron chi connectivity index (χ3n) is 3.20. The largest absolute Gasteiger partial charge is 0.318 e. The van der Waals surface area contributed by atoms with Gasteiger partial charge < -0.3 is 5.73 Å². The van der Waals surface area contributed by atoms with Crippen molar-refractivity contribution < 1.29 is 17.2 Å². The van der Waals surface area contributed by atoms with Crippen LogP contribution in [0, 0.1) is 17.1 Å². The molecule has 9 heteroatoms.